The van der Waals surface area contributed by atoms with E-state index in [1.165, 1.54) is 4.88 Å². The van der Waals surface area contributed by atoms with Crippen LogP contribution in [0.3, 0.4) is 0 Å². The highest BCUT2D eigenvalue weighted by Gasteiger charge is 2.24. The van der Waals surface area contributed by atoms with Gasteiger partial charge in [-0.3, -0.25) is 14.8 Å². The Kier molecular flexibility index (Phi) is 4.26. The molecule has 0 spiro atoms. The zero-order valence-corrected chi connectivity index (χ0v) is 13.7. The molecule has 1 fully saturated rings. The van der Waals surface area contributed by atoms with E-state index in [-0.39, 0.29) is 0 Å². The maximum Gasteiger partial charge on any atom is 0.269 e. The van der Waals surface area contributed by atoms with Gasteiger partial charge in [0.1, 0.15) is 5.69 Å². The minimum Gasteiger partial charge on any atom is -0.364 e. The molecule has 0 bridgehead atoms. The smallest absolute Gasteiger partial charge is 0.269 e. The van der Waals surface area contributed by atoms with E-state index < -0.39 is 5.91 Å². The van der Waals surface area contributed by atoms with Crippen LogP contribution in [-0.2, 0) is 6.54 Å². The molecule has 0 saturated carbocycles. The van der Waals surface area contributed by atoms with Crippen molar-refractivity contribution in [1.82, 2.24) is 20.1 Å². The van der Waals surface area contributed by atoms with Gasteiger partial charge in [-0.15, -0.1) is 11.3 Å². The number of carbonyl (C=O) groups is 1. The fourth-order valence-electron chi connectivity index (χ4n) is 3.05. The number of amides is 1. The number of hydrogen-bond donors (Lipinski definition) is 2. The highest BCUT2D eigenvalue weighted by atomic mass is 32.1. The Morgan fingerprint density at radius 1 is 1.55 bits per heavy atom. The van der Waals surface area contributed by atoms with Crippen LogP contribution in [0.25, 0.3) is 0 Å². The topological polar surface area (TPSA) is 87.9 Å². The third-order valence-electron chi connectivity index (χ3n) is 4.16. The van der Waals surface area contributed by atoms with E-state index in [2.05, 4.69) is 33.9 Å². The van der Waals surface area contributed by atoms with Gasteiger partial charge in [0.2, 0.25) is 0 Å². The maximum atomic E-state index is 11.2. The summed E-state index contributed by atoms with van der Waals surface area (Å²) in [5, 5.41) is 8.09. The second kappa shape index (κ2) is 6.18. The fourth-order valence-corrected chi connectivity index (χ4v) is 4.03. The summed E-state index contributed by atoms with van der Waals surface area (Å²) in [7, 11) is 0. The van der Waals surface area contributed by atoms with Crippen LogP contribution in [0, 0.1) is 13.8 Å². The highest BCUT2D eigenvalue weighted by molar-refractivity contribution is 7.11. The molecule has 2 aromatic rings. The first-order chi connectivity index (χ1) is 10.5. The molecule has 3 heterocycles. The van der Waals surface area contributed by atoms with Gasteiger partial charge in [0.05, 0.1) is 10.7 Å². The van der Waals surface area contributed by atoms with Gasteiger partial charge in [0.15, 0.2) is 0 Å². The molecule has 1 amide bonds. The molecule has 1 aliphatic heterocycles. The molecule has 0 radical (unpaired) electrons. The minimum atomic E-state index is -0.481. The van der Waals surface area contributed by atoms with E-state index in [4.69, 9.17) is 5.73 Å². The van der Waals surface area contributed by atoms with Crippen molar-refractivity contribution in [1.29, 1.82) is 0 Å². The Balaban J connectivity index is 1.68. The quantitative estimate of drug-likeness (QED) is 0.902. The summed E-state index contributed by atoms with van der Waals surface area (Å²) in [5.41, 5.74) is 7.74. The number of hydrogen-bond acceptors (Lipinski definition) is 5. The second-order valence-electron chi connectivity index (χ2n) is 5.89. The number of carbonyl (C=O) groups excluding carboxylic acids is 1. The van der Waals surface area contributed by atoms with Gasteiger partial charge in [-0.2, -0.15) is 5.10 Å². The SMILES string of the molecule is Cc1nc(C)c(CN2CCCC(c3cc(C(N)=O)n[nH]3)C2)s1. The summed E-state index contributed by atoms with van der Waals surface area (Å²) >= 11 is 1.78. The number of primary amides is 1. The molecule has 6 nitrogen and oxygen atoms in total. The lowest BCUT2D eigenvalue weighted by Crippen LogP contribution is -2.34. The Hall–Kier alpha value is -1.73. The number of piperidine rings is 1. The van der Waals surface area contributed by atoms with E-state index >= 15 is 0 Å². The number of likely N-dealkylation sites (tertiary alicyclic amines) is 1. The Morgan fingerprint density at radius 2 is 2.36 bits per heavy atom. The molecular weight excluding hydrogens is 298 g/mol. The number of aryl methyl sites for hydroxylation is 2. The second-order valence-corrected chi connectivity index (χ2v) is 7.18. The van der Waals surface area contributed by atoms with Gasteiger partial charge < -0.3 is 5.73 Å². The summed E-state index contributed by atoms with van der Waals surface area (Å²) in [6, 6.07) is 1.79. The summed E-state index contributed by atoms with van der Waals surface area (Å²) in [4.78, 5) is 19.5. The van der Waals surface area contributed by atoms with Crippen molar-refractivity contribution in [3.05, 3.63) is 33.0 Å². The lowest BCUT2D eigenvalue weighted by atomic mass is 9.94. The third kappa shape index (κ3) is 3.20. The molecule has 1 atom stereocenters. The molecule has 118 valence electrons. The van der Waals surface area contributed by atoms with Gasteiger partial charge in [-0.1, -0.05) is 0 Å². The summed E-state index contributed by atoms with van der Waals surface area (Å²) in [6.45, 7) is 7.15. The molecule has 1 aliphatic rings. The van der Waals surface area contributed by atoms with Crippen molar-refractivity contribution in [3.8, 4) is 0 Å². The van der Waals surface area contributed by atoms with Crippen molar-refractivity contribution < 1.29 is 4.79 Å². The van der Waals surface area contributed by atoms with Crippen LogP contribution in [0.15, 0.2) is 6.07 Å². The predicted molar refractivity (Wildman–Crippen MR) is 85.9 cm³/mol. The van der Waals surface area contributed by atoms with Gasteiger partial charge in [-0.25, -0.2) is 4.98 Å². The van der Waals surface area contributed by atoms with Crippen molar-refractivity contribution in [3.63, 3.8) is 0 Å². The zero-order valence-electron chi connectivity index (χ0n) is 12.9. The van der Waals surface area contributed by atoms with E-state index in [9.17, 15) is 4.79 Å². The number of nitrogens with zero attached hydrogens (tertiary/aromatic N) is 3. The summed E-state index contributed by atoms with van der Waals surface area (Å²) < 4.78 is 0. The van der Waals surface area contributed by atoms with Crippen LogP contribution in [0.1, 0.15) is 50.5 Å². The average Bonchev–Trinajstić information content (AvgIpc) is 3.07. The molecule has 22 heavy (non-hydrogen) atoms. The number of H-pyrrole nitrogens is 1. The molecule has 0 aliphatic carbocycles. The van der Waals surface area contributed by atoms with Crippen molar-refractivity contribution in [2.24, 2.45) is 5.73 Å². The van der Waals surface area contributed by atoms with Crippen LogP contribution < -0.4 is 5.73 Å². The summed E-state index contributed by atoms with van der Waals surface area (Å²) in [5.74, 6) is -0.102. The van der Waals surface area contributed by atoms with E-state index in [1.54, 1.807) is 17.4 Å². The lowest BCUT2D eigenvalue weighted by Gasteiger charge is -2.31. The highest BCUT2D eigenvalue weighted by Crippen LogP contribution is 2.28. The zero-order chi connectivity index (χ0) is 15.7. The summed E-state index contributed by atoms with van der Waals surface area (Å²) in [6.07, 6.45) is 2.25. The number of nitrogens with two attached hydrogens (primary N) is 1. The first-order valence-electron chi connectivity index (χ1n) is 7.53. The van der Waals surface area contributed by atoms with Crippen LogP contribution in [0.2, 0.25) is 0 Å². The molecule has 3 N–H and O–H groups in total. The first kappa shape index (κ1) is 15.2. The Labute approximate surface area is 133 Å². The molecule has 1 saturated heterocycles. The molecule has 3 rings (SSSR count). The van der Waals surface area contributed by atoms with Gasteiger partial charge >= 0.3 is 0 Å². The largest absolute Gasteiger partial charge is 0.364 e. The predicted octanol–water partition coefficient (Wildman–Crippen LogP) is 1.96. The number of nitrogens with one attached hydrogen (secondary N) is 1. The molecule has 0 aromatic carbocycles. The Bertz CT molecular complexity index is 677. The van der Waals surface area contributed by atoms with Crippen molar-refractivity contribution in [2.75, 3.05) is 13.1 Å². The maximum absolute atomic E-state index is 11.2. The molecule has 7 heteroatoms. The van der Waals surface area contributed by atoms with Gasteiger partial charge in [0.25, 0.3) is 5.91 Å². The van der Waals surface area contributed by atoms with E-state index in [1.807, 2.05) is 0 Å². The Morgan fingerprint density at radius 3 is 3.00 bits per heavy atom. The number of aromatic amines is 1. The normalized spacial score (nSPS) is 19.5. The van der Waals surface area contributed by atoms with Crippen molar-refractivity contribution in [2.45, 2.75) is 39.2 Å². The molecule has 1 unspecified atom stereocenters. The van der Waals surface area contributed by atoms with Crippen LogP contribution in [0.5, 0.6) is 0 Å². The van der Waals surface area contributed by atoms with Crippen LogP contribution in [0.4, 0.5) is 0 Å². The van der Waals surface area contributed by atoms with Crippen molar-refractivity contribution >= 4 is 17.2 Å². The third-order valence-corrected chi connectivity index (χ3v) is 5.22. The average molecular weight is 319 g/mol. The van der Waals surface area contributed by atoms with Gasteiger partial charge in [-0.05, 0) is 39.3 Å². The molecule has 2 aromatic heterocycles. The number of thiazole rings is 1. The van der Waals surface area contributed by atoms with Crippen LogP contribution >= 0.6 is 11.3 Å². The number of aromatic nitrogens is 3. The first-order valence-corrected chi connectivity index (χ1v) is 8.35. The van der Waals surface area contributed by atoms with Crippen LogP contribution in [-0.4, -0.2) is 39.1 Å². The standard InChI is InChI=1S/C15H21N5OS/c1-9-14(22-10(2)17-9)8-20-5-3-4-11(7-20)12-6-13(15(16)21)19-18-12/h6,11H,3-5,7-8H2,1-2H3,(H2,16,21)(H,18,19). The van der Waals surface area contributed by atoms with E-state index in [0.717, 1.165) is 48.9 Å². The minimum absolute atomic E-state index is 0.320. The fraction of sp³-hybridized carbons (Fsp3) is 0.533. The monoisotopic (exact) mass is 319 g/mol. The number of rotatable bonds is 4. The lowest BCUT2D eigenvalue weighted by molar-refractivity contribution is 0.0995. The van der Waals surface area contributed by atoms with E-state index in [0.29, 0.717) is 11.6 Å². The van der Waals surface area contributed by atoms with Gasteiger partial charge in [0, 0.05) is 29.6 Å². The molecular formula is C15H21N5OS.